The number of hydrogen-bond donors (Lipinski definition) is 0. The van der Waals surface area contributed by atoms with Crippen LogP contribution in [-0.2, 0) is 19.5 Å². The summed E-state index contributed by atoms with van der Waals surface area (Å²) in [5.41, 5.74) is 10.7. The Labute approximate surface area is 590 Å². The summed E-state index contributed by atoms with van der Waals surface area (Å²) in [7, 11) is 0. The summed E-state index contributed by atoms with van der Waals surface area (Å²) < 4.78 is 0. The van der Waals surface area contributed by atoms with Gasteiger partial charge < -0.3 is 0 Å². The molecule has 5 aliphatic heterocycles. The molecule has 101 heavy (non-hydrogen) atoms. The van der Waals surface area contributed by atoms with Gasteiger partial charge in [-0.25, -0.2) is 9.97 Å². The van der Waals surface area contributed by atoms with Crippen LogP contribution in [0.3, 0.4) is 0 Å². The standard InChI is InChI=1S/2C9H7N.C9H8.C8H6N2.C8H7N.C7H6N2.C5H5N.C5H6.3C4H4N2.2C4H5N.C3H4N2/c1-2-6-9-8(4-1)5-3-7-10-9;1-2-4-9-7-10-6-5-8(9)3-1;1-2-5-9-7-3-6-8(9)4-1;1-2-4-8-7(3-1)9-5-6-10-8;1-2-4-8-6-9-5-7(8)3-1;1-2-4-7-6(3-1)5-8-9-7;1-2-4-6-5-3-1;1-2-4-5-3-1;1-2-6-4-3-5-1;1-2-5-4-6-3-1;1-2-4-6-5-3-1;3*1-2-4-5-3-1/h2*1-7H;1-6H,7H2;1-6H;1-5H,6H2;1-4H,5H2;1-5H;1-4H,5H2;3*1-4H;1,3-4H,2H2;1-3H,4H2;1-2H,3H2. The summed E-state index contributed by atoms with van der Waals surface area (Å²) in [6.07, 6.45) is 60.1. The van der Waals surface area contributed by atoms with Crippen LogP contribution in [0.4, 0.5) is 5.69 Å². The Hall–Kier alpha value is -13.5. The van der Waals surface area contributed by atoms with Crippen LogP contribution in [0.5, 0.6) is 0 Å². The number of benzene rings is 6. The van der Waals surface area contributed by atoms with E-state index in [-0.39, 0.29) is 0 Å². The van der Waals surface area contributed by atoms with E-state index in [9.17, 15) is 0 Å². The SMILES string of the molecule is C1=CCC=C1.C1=CCN=C1.C1=CN=CC1.C1=CN=NC1.C1=Cc2ccccc2C1.C1=NCc2ccccc21.c1ccc2c(c1)CN=N2.c1ccc2cnccc2c1.c1ccc2ncccc2c1.c1ccc2nccnc2c1.c1ccncc1.c1ccnnc1.c1cnccn1.c1cncnc1. The van der Waals surface area contributed by atoms with Crippen molar-refractivity contribution < 1.29 is 0 Å². The molecule has 12 heterocycles. The third kappa shape index (κ3) is 33.7. The number of azo groups is 2. The molecule has 6 aromatic carbocycles. The molecule has 0 radical (unpaired) electrons. The number of nitrogens with zero attached hydrogens (tertiary/aromatic N) is 18. The third-order valence-electron chi connectivity index (χ3n) is 13.3. The number of pyridine rings is 3. The average molecular weight is 1330 g/mol. The number of rotatable bonds is 0. The zero-order chi connectivity index (χ0) is 69.9. The van der Waals surface area contributed by atoms with Gasteiger partial charge in [-0.15, -0.1) is 0 Å². The molecular formula is C83H78N18. The van der Waals surface area contributed by atoms with Crippen molar-refractivity contribution in [2.24, 2.45) is 35.4 Å². The van der Waals surface area contributed by atoms with Crippen LogP contribution in [-0.4, -0.2) is 86.8 Å². The average Bonchev–Trinajstić information content (AvgIpc) is 1.63. The lowest BCUT2D eigenvalue weighted by Crippen LogP contribution is -1.79. The Morgan fingerprint density at radius 1 is 0.327 bits per heavy atom. The molecule has 20 rings (SSSR count). The molecule has 0 spiro atoms. The van der Waals surface area contributed by atoms with Gasteiger partial charge in [0.1, 0.15) is 6.33 Å². The maximum absolute atomic E-state index is 4.18. The predicted octanol–water partition coefficient (Wildman–Crippen LogP) is 18.8. The van der Waals surface area contributed by atoms with Gasteiger partial charge in [0.05, 0.1) is 48.4 Å². The van der Waals surface area contributed by atoms with Gasteiger partial charge in [0, 0.05) is 141 Å². The second-order valence-electron chi connectivity index (χ2n) is 20.5. The van der Waals surface area contributed by atoms with Crippen LogP contribution in [0.2, 0.25) is 0 Å². The van der Waals surface area contributed by atoms with E-state index in [2.05, 4.69) is 194 Å². The van der Waals surface area contributed by atoms with Gasteiger partial charge in [-0.2, -0.15) is 30.7 Å². The highest BCUT2D eigenvalue weighted by Gasteiger charge is 2.04. The normalized spacial score (nSPS) is 12.0. The van der Waals surface area contributed by atoms with Crippen molar-refractivity contribution in [3.8, 4) is 0 Å². The fraction of sp³-hybridized carbons (Fsp3) is 0.0843. The lowest BCUT2D eigenvalue weighted by atomic mass is 10.1. The predicted molar refractivity (Wildman–Crippen MR) is 411 cm³/mol. The van der Waals surface area contributed by atoms with Crippen LogP contribution < -0.4 is 0 Å². The first-order valence-electron chi connectivity index (χ1n) is 32.4. The van der Waals surface area contributed by atoms with Gasteiger partial charge >= 0.3 is 0 Å². The zero-order valence-corrected chi connectivity index (χ0v) is 56.0. The van der Waals surface area contributed by atoms with E-state index in [0.717, 1.165) is 67.7 Å². The number of aliphatic imine (C=N–C) groups is 3. The van der Waals surface area contributed by atoms with Crippen LogP contribution in [0.25, 0.3) is 38.8 Å². The molecule has 0 bridgehead atoms. The van der Waals surface area contributed by atoms with Crippen molar-refractivity contribution in [1.29, 1.82) is 0 Å². The van der Waals surface area contributed by atoms with Crippen LogP contribution in [0, 0.1) is 0 Å². The quantitative estimate of drug-likeness (QED) is 0.139. The highest BCUT2D eigenvalue weighted by atomic mass is 15.1. The van der Waals surface area contributed by atoms with Crippen molar-refractivity contribution >= 4 is 63.1 Å². The Bertz CT molecular complexity index is 3800. The first-order chi connectivity index (χ1) is 50.3. The molecule has 0 unspecified atom stereocenters. The molecule has 7 aliphatic rings. The third-order valence-corrected chi connectivity index (χ3v) is 13.3. The number of para-hydroxylation sites is 3. The largest absolute Gasteiger partial charge is 0.289 e. The van der Waals surface area contributed by atoms with Crippen LogP contribution in [0.15, 0.2) is 402 Å². The van der Waals surface area contributed by atoms with Crippen molar-refractivity contribution in [2.45, 2.75) is 32.4 Å². The van der Waals surface area contributed by atoms with Crippen LogP contribution in [0.1, 0.15) is 40.7 Å². The van der Waals surface area contributed by atoms with E-state index in [1.165, 1.54) is 50.3 Å². The van der Waals surface area contributed by atoms with Gasteiger partial charge in [-0.1, -0.05) is 182 Å². The zero-order valence-electron chi connectivity index (χ0n) is 56.0. The van der Waals surface area contributed by atoms with Gasteiger partial charge in [0.25, 0.3) is 0 Å². The minimum absolute atomic E-state index is 0.760. The Morgan fingerprint density at radius 3 is 1.43 bits per heavy atom. The first kappa shape index (κ1) is 74.9. The van der Waals surface area contributed by atoms with Gasteiger partial charge in [0.15, 0.2) is 0 Å². The van der Waals surface area contributed by atoms with Gasteiger partial charge in [0.2, 0.25) is 0 Å². The molecule has 7 aromatic heterocycles. The fourth-order valence-corrected chi connectivity index (χ4v) is 8.43. The van der Waals surface area contributed by atoms with Crippen molar-refractivity contribution in [3.05, 3.63) is 394 Å². The summed E-state index contributed by atoms with van der Waals surface area (Å²) in [6.45, 7) is 3.30. The van der Waals surface area contributed by atoms with Crippen molar-refractivity contribution in [2.75, 3.05) is 13.1 Å². The summed E-state index contributed by atoms with van der Waals surface area (Å²) in [4.78, 5) is 46.8. The van der Waals surface area contributed by atoms with Crippen molar-refractivity contribution in [1.82, 2.24) is 55.1 Å². The summed E-state index contributed by atoms with van der Waals surface area (Å²) >= 11 is 0. The topological polar surface area (TPSA) is 228 Å². The lowest BCUT2D eigenvalue weighted by molar-refractivity contribution is 1.03. The molecule has 0 saturated carbocycles. The molecule has 2 aliphatic carbocycles. The molecule has 0 fully saturated rings. The fourth-order valence-electron chi connectivity index (χ4n) is 8.43. The Balaban J connectivity index is 0.000000154. The smallest absolute Gasteiger partial charge is 0.115 e. The molecule has 0 N–H and O–H groups in total. The molecule has 18 heteroatoms. The van der Waals surface area contributed by atoms with Crippen LogP contribution >= 0.6 is 0 Å². The summed E-state index contributed by atoms with van der Waals surface area (Å²) in [5.74, 6) is 0. The number of aromatic nitrogens is 11. The van der Waals surface area contributed by atoms with Gasteiger partial charge in [-0.05, 0) is 125 Å². The maximum atomic E-state index is 4.18. The highest BCUT2D eigenvalue weighted by Crippen LogP contribution is 2.25. The number of allylic oxidation sites excluding steroid dienone is 7. The van der Waals surface area contributed by atoms with Gasteiger partial charge in [-0.3, -0.25) is 49.9 Å². The summed E-state index contributed by atoms with van der Waals surface area (Å²) in [6, 6.07) is 66.0. The van der Waals surface area contributed by atoms with E-state index < -0.39 is 0 Å². The minimum Gasteiger partial charge on any atom is -0.289 e. The summed E-state index contributed by atoms with van der Waals surface area (Å²) in [5, 5.41) is 25.6. The minimum atomic E-state index is 0.760. The molecule has 0 amide bonds. The maximum Gasteiger partial charge on any atom is 0.115 e. The number of fused-ring (bicyclic) bond motifs is 6. The van der Waals surface area contributed by atoms with E-state index in [1.54, 1.807) is 99.0 Å². The molecule has 500 valence electrons. The lowest BCUT2D eigenvalue weighted by Gasteiger charge is -1.93. The Morgan fingerprint density at radius 2 is 0.941 bits per heavy atom. The highest BCUT2D eigenvalue weighted by molar-refractivity contribution is 5.84. The van der Waals surface area contributed by atoms with Crippen molar-refractivity contribution in [3.63, 3.8) is 0 Å². The Kier molecular flexibility index (Phi) is 37.7. The van der Waals surface area contributed by atoms with E-state index in [4.69, 9.17) is 0 Å². The monoisotopic (exact) mass is 1330 g/mol. The second kappa shape index (κ2) is 50.9. The number of hydrogen-bond acceptors (Lipinski definition) is 18. The molecule has 0 saturated heterocycles. The second-order valence-corrected chi connectivity index (χ2v) is 20.5. The van der Waals surface area contributed by atoms with E-state index in [0.29, 0.717) is 0 Å². The first-order valence-corrected chi connectivity index (χ1v) is 32.4. The molecule has 18 nitrogen and oxygen atoms in total. The molecule has 0 atom stereocenters. The van der Waals surface area contributed by atoms with E-state index >= 15 is 0 Å². The van der Waals surface area contributed by atoms with E-state index in [1.807, 2.05) is 183 Å². The molecular weight excluding hydrogens is 1250 g/mol. The molecule has 13 aromatic rings.